The average Bonchev–Trinajstić information content (AvgIpc) is 2.72. The lowest BCUT2D eigenvalue weighted by Crippen LogP contribution is -2.11. The van der Waals surface area contributed by atoms with Gasteiger partial charge in [-0.15, -0.1) is 0 Å². The van der Waals surface area contributed by atoms with Gasteiger partial charge in [0.25, 0.3) is 0 Å². The van der Waals surface area contributed by atoms with Crippen LogP contribution in [0.3, 0.4) is 0 Å². The minimum absolute atomic E-state index is 0.391. The molecule has 0 fully saturated rings. The van der Waals surface area contributed by atoms with Crippen molar-refractivity contribution in [1.82, 2.24) is 4.98 Å². The minimum Gasteiger partial charge on any atom is -0.481 e. The Hall–Kier alpha value is -1.77. The van der Waals surface area contributed by atoms with Gasteiger partial charge in [-0.2, -0.15) is 0 Å². The van der Waals surface area contributed by atoms with Gasteiger partial charge >= 0.3 is 5.97 Å². The number of carboxylic acids is 1. The van der Waals surface area contributed by atoms with Gasteiger partial charge in [0.1, 0.15) is 0 Å². The van der Waals surface area contributed by atoms with Crippen molar-refractivity contribution in [3.8, 4) is 0 Å². The lowest BCUT2D eigenvalue weighted by molar-refractivity contribution is -0.139. The second-order valence-electron chi connectivity index (χ2n) is 4.00. The number of fused-ring (bicyclic) bond motifs is 1. The van der Waals surface area contributed by atoms with Crippen LogP contribution in [0, 0.1) is 0 Å². The molecule has 84 valence electrons. The van der Waals surface area contributed by atoms with E-state index in [2.05, 4.69) is 4.98 Å². The molecule has 1 aromatic carbocycles. The maximum atomic E-state index is 11.2. The van der Waals surface area contributed by atoms with Gasteiger partial charge in [0.15, 0.2) is 0 Å². The van der Waals surface area contributed by atoms with Gasteiger partial charge in [-0.3, -0.25) is 4.79 Å². The monoisotopic (exact) mass is 217 g/mol. The van der Waals surface area contributed by atoms with E-state index in [1.165, 1.54) is 0 Å². The Kier molecular flexibility index (Phi) is 2.95. The first-order valence-electron chi connectivity index (χ1n) is 5.52. The highest BCUT2D eigenvalue weighted by atomic mass is 16.4. The van der Waals surface area contributed by atoms with Gasteiger partial charge in [-0.05, 0) is 29.5 Å². The molecule has 0 aliphatic rings. The summed E-state index contributed by atoms with van der Waals surface area (Å²) in [7, 11) is 0. The molecule has 3 heteroatoms. The Morgan fingerprint density at radius 2 is 2.25 bits per heavy atom. The summed E-state index contributed by atoms with van der Waals surface area (Å²) in [5.41, 5.74) is 1.88. The van der Waals surface area contributed by atoms with Crippen LogP contribution in [0.5, 0.6) is 0 Å². The van der Waals surface area contributed by atoms with Crippen molar-refractivity contribution >= 4 is 16.9 Å². The third-order valence-electron chi connectivity index (χ3n) is 2.86. The molecule has 3 nitrogen and oxygen atoms in total. The molecule has 0 amide bonds. The predicted molar refractivity (Wildman–Crippen MR) is 63.6 cm³/mol. The lowest BCUT2D eigenvalue weighted by atomic mass is 9.94. The average molecular weight is 217 g/mol. The zero-order valence-electron chi connectivity index (χ0n) is 9.23. The number of benzene rings is 1. The molecule has 1 heterocycles. The topological polar surface area (TPSA) is 53.1 Å². The van der Waals surface area contributed by atoms with Crippen LogP contribution in [0.2, 0.25) is 0 Å². The van der Waals surface area contributed by atoms with Gasteiger partial charge in [-0.25, -0.2) is 0 Å². The van der Waals surface area contributed by atoms with Crippen molar-refractivity contribution in [3.05, 3.63) is 36.0 Å². The van der Waals surface area contributed by atoms with E-state index in [1.54, 1.807) is 0 Å². The molecule has 1 atom stereocenters. The van der Waals surface area contributed by atoms with Gasteiger partial charge in [-0.1, -0.05) is 25.5 Å². The first kappa shape index (κ1) is 10.7. The number of H-pyrrole nitrogens is 1. The number of hydrogen-bond donors (Lipinski definition) is 2. The van der Waals surface area contributed by atoms with Crippen LogP contribution in [-0.4, -0.2) is 16.1 Å². The summed E-state index contributed by atoms with van der Waals surface area (Å²) in [6, 6.07) is 7.79. The molecule has 1 unspecified atom stereocenters. The highest BCUT2D eigenvalue weighted by Gasteiger charge is 2.18. The fourth-order valence-electron chi connectivity index (χ4n) is 2.00. The van der Waals surface area contributed by atoms with Gasteiger partial charge in [0.2, 0.25) is 0 Å². The van der Waals surface area contributed by atoms with Crippen molar-refractivity contribution in [2.45, 2.75) is 25.7 Å². The third-order valence-corrected chi connectivity index (χ3v) is 2.86. The molecule has 0 saturated heterocycles. The molecular formula is C13H15NO2. The van der Waals surface area contributed by atoms with Crippen molar-refractivity contribution in [1.29, 1.82) is 0 Å². The third kappa shape index (κ3) is 1.94. The zero-order valence-corrected chi connectivity index (χ0v) is 9.23. The van der Waals surface area contributed by atoms with E-state index in [0.29, 0.717) is 6.42 Å². The summed E-state index contributed by atoms with van der Waals surface area (Å²) >= 11 is 0. The summed E-state index contributed by atoms with van der Waals surface area (Å²) < 4.78 is 0. The van der Waals surface area contributed by atoms with E-state index < -0.39 is 11.9 Å². The number of carboxylic acid groups (broad SMARTS) is 1. The summed E-state index contributed by atoms with van der Waals surface area (Å²) in [6.45, 7) is 2.00. The lowest BCUT2D eigenvalue weighted by Gasteiger charge is -2.11. The number of aromatic amines is 1. The summed E-state index contributed by atoms with van der Waals surface area (Å²) in [4.78, 5) is 14.3. The molecule has 2 N–H and O–H groups in total. The van der Waals surface area contributed by atoms with Gasteiger partial charge in [0.05, 0.1) is 5.92 Å². The summed E-state index contributed by atoms with van der Waals surface area (Å²) in [5.74, 6) is -1.13. The number of hydrogen-bond acceptors (Lipinski definition) is 1. The predicted octanol–water partition coefficient (Wildman–Crippen LogP) is 3.14. The van der Waals surface area contributed by atoms with Crippen LogP contribution in [0.15, 0.2) is 30.5 Å². The second kappa shape index (κ2) is 4.39. The quantitative estimate of drug-likeness (QED) is 0.826. The number of nitrogens with one attached hydrogen (secondary N) is 1. The SMILES string of the molecule is CCCC(C(=O)O)c1ccc2cc[nH]c2c1. The first-order valence-corrected chi connectivity index (χ1v) is 5.52. The normalized spacial score (nSPS) is 12.8. The van der Waals surface area contributed by atoms with E-state index in [9.17, 15) is 9.90 Å². The Bertz CT molecular complexity index is 501. The van der Waals surface area contributed by atoms with Gasteiger partial charge in [0, 0.05) is 11.7 Å². The largest absolute Gasteiger partial charge is 0.481 e. The van der Waals surface area contributed by atoms with Crippen LogP contribution in [0.1, 0.15) is 31.2 Å². The fraction of sp³-hybridized carbons (Fsp3) is 0.308. The Morgan fingerprint density at radius 1 is 1.44 bits per heavy atom. The van der Waals surface area contributed by atoms with Crippen LogP contribution < -0.4 is 0 Å². The van der Waals surface area contributed by atoms with Crippen LogP contribution >= 0.6 is 0 Å². The standard InChI is InChI=1S/C13H15NO2/c1-2-3-11(13(15)16)10-5-4-9-6-7-14-12(9)8-10/h4-8,11,14H,2-3H2,1H3,(H,15,16). The molecule has 0 radical (unpaired) electrons. The molecule has 16 heavy (non-hydrogen) atoms. The zero-order chi connectivity index (χ0) is 11.5. The maximum Gasteiger partial charge on any atom is 0.310 e. The second-order valence-corrected chi connectivity index (χ2v) is 4.00. The minimum atomic E-state index is -0.743. The Morgan fingerprint density at radius 3 is 2.94 bits per heavy atom. The van der Waals surface area contributed by atoms with Crippen LogP contribution in [0.25, 0.3) is 10.9 Å². The van der Waals surface area contributed by atoms with E-state index in [0.717, 1.165) is 22.9 Å². The molecule has 0 aliphatic heterocycles. The number of aliphatic carboxylic acids is 1. The molecule has 0 spiro atoms. The molecule has 2 rings (SSSR count). The highest BCUT2D eigenvalue weighted by Crippen LogP contribution is 2.24. The maximum absolute atomic E-state index is 11.2. The molecule has 2 aromatic rings. The number of carbonyl (C=O) groups is 1. The Balaban J connectivity index is 2.39. The molecule has 0 bridgehead atoms. The molecule has 0 aliphatic carbocycles. The molecular weight excluding hydrogens is 202 g/mol. The smallest absolute Gasteiger partial charge is 0.310 e. The Labute approximate surface area is 94.1 Å². The fourth-order valence-corrected chi connectivity index (χ4v) is 2.00. The van der Waals surface area contributed by atoms with Crippen molar-refractivity contribution < 1.29 is 9.90 Å². The molecule has 0 saturated carbocycles. The summed E-state index contributed by atoms with van der Waals surface area (Å²) in [5, 5.41) is 10.3. The van der Waals surface area contributed by atoms with Crippen molar-refractivity contribution in [3.63, 3.8) is 0 Å². The highest BCUT2D eigenvalue weighted by molar-refractivity contribution is 5.83. The van der Waals surface area contributed by atoms with E-state index in [1.807, 2.05) is 37.4 Å². The van der Waals surface area contributed by atoms with Crippen molar-refractivity contribution in [2.75, 3.05) is 0 Å². The van der Waals surface area contributed by atoms with Crippen molar-refractivity contribution in [2.24, 2.45) is 0 Å². The van der Waals surface area contributed by atoms with E-state index in [-0.39, 0.29) is 0 Å². The van der Waals surface area contributed by atoms with E-state index >= 15 is 0 Å². The van der Waals surface area contributed by atoms with Crippen LogP contribution in [0.4, 0.5) is 0 Å². The van der Waals surface area contributed by atoms with E-state index in [4.69, 9.17) is 0 Å². The molecule has 1 aromatic heterocycles. The number of rotatable bonds is 4. The van der Waals surface area contributed by atoms with Gasteiger partial charge < -0.3 is 10.1 Å². The summed E-state index contributed by atoms with van der Waals surface area (Å²) in [6.07, 6.45) is 3.42. The van der Waals surface area contributed by atoms with Crippen LogP contribution in [-0.2, 0) is 4.79 Å². The number of aromatic nitrogens is 1. The first-order chi connectivity index (χ1) is 7.72.